The molecule has 0 saturated heterocycles. The van der Waals surface area contributed by atoms with Crippen LogP contribution in [0.1, 0.15) is 56.4 Å². The molecule has 2 aliphatic carbocycles. The predicted molar refractivity (Wildman–Crippen MR) is 98.6 cm³/mol. The van der Waals surface area contributed by atoms with Crippen LogP contribution in [-0.4, -0.2) is 9.66 Å². The van der Waals surface area contributed by atoms with E-state index in [2.05, 4.69) is 62.2 Å². The zero-order valence-corrected chi connectivity index (χ0v) is 16.4. The Labute approximate surface area is 154 Å². The Balaban J connectivity index is 1.58. The molecule has 23 heavy (non-hydrogen) atoms. The summed E-state index contributed by atoms with van der Waals surface area (Å²) < 4.78 is 26.2. The molecule has 0 nitrogen and oxygen atoms in total. The van der Waals surface area contributed by atoms with Crippen molar-refractivity contribution in [2.45, 2.75) is 60.5 Å². The van der Waals surface area contributed by atoms with Crippen molar-refractivity contribution in [3.8, 4) is 0 Å². The van der Waals surface area contributed by atoms with Crippen molar-refractivity contribution in [3.05, 3.63) is 35.9 Å². The summed E-state index contributed by atoms with van der Waals surface area (Å²) in [5, 5.41) is 0. The second-order valence-electron chi connectivity index (χ2n) is 7.26. The first-order valence-electron chi connectivity index (χ1n) is 8.68. The summed E-state index contributed by atoms with van der Waals surface area (Å²) in [5.41, 5.74) is 1.44. The molecule has 0 aliphatic heterocycles. The number of hydrogen-bond donors (Lipinski definition) is 0. The normalized spacial score (nSPS) is 34.5. The Morgan fingerprint density at radius 3 is 2.17 bits per heavy atom. The number of hydrogen-bond acceptors (Lipinski definition) is 0. The molecule has 3 rings (SSSR count). The summed E-state index contributed by atoms with van der Waals surface area (Å²) in [6.45, 7) is 0. The lowest BCUT2D eigenvalue weighted by molar-refractivity contribution is 0.0271. The summed E-state index contributed by atoms with van der Waals surface area (Å²) in [6.07, 6.45) is 5.05. The van der Waals surface area contributed by atoms with Gasteiger partial charge in [-0.15, -0.1) is 0 Å². The SMILES string of the molecule is FC(F)C1CC(C2CCC(c3ccccc3)CC2)CCC1(Br)Br. The number of halogens is 4. The molecule has 2 aliphatic rings. The largest absolute Gasteiger partial charge is 0.243 e. The van der Waals surface area contributed by atoms with Gasteiger partial charge in [0.05, 0.1) is 3.23 Å². The van der Waals surface area contributed by atoms with Crippen LogP contribution in [0.5, 0.6) is 0 Å². The highest BCUT2D eigenvalue weighted by atomic mass is 79.9. The first-order valence-corrected chi connectivity index (χ1v) is 10.3. The average Bonchev–Trinajstić information content (AvgIpc) is 2.55. The lowest BCUT2D eigenvalue weighted by atomic mass is 9.68. The Morgan fingerprint density at radius 2 is 1.57 bits per heavy atom. The van der Waals surface area contributed by atoms with Gasteiger partial charge in [0.25, 0.3) is 0 Å². The van der Waals surface area contributed by atoms with E-state index < -0.39 is 15.6 Å². The van der Waals surface area contributed by atoms with E-state index in [0.29, 0.717) is 24.2 Å². The standard InChI is InChI=1S/C19H24Br2F2/c20-19(21)11-10-16(12-17(19)18(22)23)15-8-6-14(7-9-15)13-4-2-1-3-5-13/h1-5,14-18H,6-12H2. The minimum Gasteiger partial charge on any atom is -0.210 e. The molecule has 1 aromatic rings. The molecule has 0 spiro atoms. The average molecular weight is 450 g/mol. The minimum absolute atomic E-state index is 0.467. The first-order chi connectivity index (χ1) is 11.0. The summed E-state index contributed by atoms with van der Waals surface area (Å²) >= 11 is 6.98. The molecular weight excluding hydrogens is 426 g/mol. The molecule has 2 saturated carbocycles. The van der Waals surface area contributed by atoms with Crippen LogP contribution in [0.3, 0.4) is 0 Å². The summed E-state index contributed by atoms with van der Waals surface area (Å²) in [4.78, 5) is 0. The van der Waals surface area contributed by atoms with Crippen LogP contribution in [0.25, 0.3) is 0 Å². The highest BCUT2D eigenvalue weighted by Gasteiger charge is 2.46. The minimum atomic E-state index is -2.25. The van der Waals surface area contributed by atoms with E-state index in [0.717, 1.165) is 12.8 Å². The zero-order chi connectivity index (χ0) is 16.4. The molecule has 128 valence electrons. The summed E-state index contributed by atoms with van der Waals surface area (Å²) in [6, 6.07) is 10.7. The van der Waals surface area contributed by atoms with Crippen molar-refractivity contribution < 1.29 is 8.78 Å². The van der Waals surface area contributed by atoms with E-state index in [-0.39, 0.29) is 0 Å². The Hall–Kier alpha value is 0.0400. The van der Waals surface area contributed by atoms with Gasteiger partial charge in [-0.2, -0.15) is 0 Å². The topological polar surface area (TPSA) is 0 Å². The second-order valence-corrected chi connectivity index (χ2v) is 11.2. The van der Waals surface area contributed by atoms with E-state index in [4.69, 9.17) is 0 Å². The van der Waals surface area contributed by atoms with Gasteiger partial charge in [0.1, 0.15) is 0 Å². The molecule has 2 fully saturated rings. The van der Waals surface area contributed by atoms with E-state index in [1.807, 2.05) is 0 Å². The molecule has 0 radical (unpaired) electrons. The highest BCUT2D eigenvalue weighted by Crippen LogP contribution is 2.53. The van der Waals surface area contributed by atoms with Gasteiger partial charge in [0, 0.05) is 5.92 Å². The molecule has 0 N–H and O–H groups in total. The van der Waals surface area contributed by atoms with Crippen molar-refractivity contribution in [2.75, 3.05) is 0 Å². The maximum Gasteiger partial charge on any atom is 0.243 e. The first kappa shape index (κ1) is 17.8. The lowest BCUT2D eigenvalue weighted by Crippen LogP contribution is -2.39. The summed E-state index contributed by atoms with van der Waals surface area (Å²) in [7, 11) is 0. The molecule has 4 heteroatoms. The van der Waals surface area contributed by atoms with Gasteiger partial charge >= 0.3 is 0 Å². The lowest BCUT2D eigenvalue weighted by Gasteiger charge is -2.43. The van der Waals surface area contributed by atoms with Gasteiger partial charge in [0.15, 0.2) is 0 Å². The molecule has 1 aromatic carbocycles. The van der Waals surface area contributed by atoms with Crippen molar-refractivity contribution in [1.82, 2.24) is 0 Å². The van der Waals surface area contributed by atoms with E-state index >= 15 is 0 Å². The highest BCUT2D eigenvalue weighted by molar-refractivity contribution is 9.25. The van der Waals surface area contributed by atoms with Crippen molar-refractivity contribution in [3.63, 3.8) is 0 Å². The monoisotopic (exact) mass is 448 g/mol. The quantitative estimate of drug-likeness (QED) is 0.430. The molecule has 0 bridgehead atoms. The molecule has 2 unspecified atom stereocenters. The van der Waals surface area contributed by atoms with Gasteiger partial charge in [-0.1, -0.05) is 62.2 Å². The van der Waals surface area contributed by atoms with Crippen LogP contribution < -0.4 is 0 Å². The van der Waals surface area contributed by atoms with Gasteiger partial charge in [-0.05, 0) is 68.3 Å². The molecule has 0 aromatic heterocycles. The zero-order valence-electron chi connectivity index (χ0n) is 13.2. The number of rotatable bonds is 3. The van der Waals surface area contributed by atoms with Crippen molar-refractivity contribution in [2.24, 2.45) is 17.8 Å². The molecule has 0 heterocycles. The van der Waals surface area contributed by atoms with Crippen molar-refractivity contribution in [1.29, 1.82) is 0 Å². The van der Waals surface area contributed by atoms with Crippen LogP contribution in [0.4, 0.5) is 8.78 Å². The third-order valence-electron chi connectivity index (χ3n) is 5.96. The molecule has 2 atom stereocenters. The Bertz CT molecular complexity index is 495. The third kappa shape index (κ3) is 4.18. The van der Waals surface area contributed by atoms with E-state index in [1.54, 1.807) is 0 Å². The smallest absolute Gasteiger partial charge is 0.210 e. The number of alkyl halides is 4. The van der Waals surface area contributed by atoms with Crippen LogP contribution in [0.15, 0.2) is 30.3 Å². The number of benzene rings is 1. The van der Waals surface area contributed by atoms with Crippen LogP contribution >= 0.6 is 31.9 Å². The van der Waals surface area contributed by atoms with Gasteiger partial charge in [0.2, 0.25) is 6.43 Å². The summed E-state index contributed by atoms with van der Waals surface area (Å²) in [5.74, 6) is 1.18. The molecule has 0 amide bonds. The fraction of sp³-hybridized carbons (Fsp3) is 0.684. The predicted octanol–water partition coefficient (Wildman–Crippen LogP) is 7.13. The maximum absolute atomic E-state index is 13.4. The maximum atomic E-state index is 13.4. The van der Waals surface area contributed by atoms with Gasteiger partial charge in [-0.25, -0.2) is 8.78 Å². The third-order valence-corrected chi connectivity index (χ3v) is 7.93. The van der Waals surface area contributed by atoms with Gasteiger partial charge < -0.3 is 0 Å². The van der Waals surface area contributed by atoms with E-state index in [1.165, 1.54) is 31.2 Å². The van der Waals surface area contributed by atoms with Gasteiger partial charge in [-0.3, -0.25) is 0 Å². The van der Waals surface area contributed by atoms with Crippen LogP contribution in [-0.2, 0) is 0 Å². The fourth-order valence-electron chi connectivity index (χ4n) is 4.54. The molecular formula is C19H24Br2F2. The van der Waals surface area contributed by atoms with Crippen LogP contribution in [0, 0.1) is 17.8 Å². The second kappa shape index (κ2) is 7.51. The van der Waals surface area contributed by atoms with Crippen LogP contribution in [0.2, 0.25) is 0 Å². The van der Waals surface area contributed by atoms with Crippen molar-refractivity contribution >= 4 is 31.9 Å². The fourth-order valence-corrected chi connectivity index (χ4v) is 5.78. The Kier molecular flexibility index (Phi) is 5.83. The Morgan fingerprint density at radius 1 is 0.913 bits per heavy atom. The van der Waals surface area contributed by atoms with E-state index in [9.17, 15) is 8.78 Å².